The van der Waals surface area contributed by atoms with Gasteiger partial charge < -0.3 is 0 Å². The van der Waals surface area contributed by atoms with Crippen LogP contribution in [0.25, 0.3) is 6.08 Å². The second-order valence-corrected chi connectivity index (χ2v) is 9.22. The predicted octanol–water partition coefficient (Wildman–Crippen LogP) is 8.14. The van der Waals surface area contributed by atoms with E-state index >= 15 is 0 Å². The molecule has 1 aromatic carbocycles. The van der Waals surface area contributed by atoms with Crippen molar-refractivity contribution >= 4 is 6.08 Å². The SMILES string of the molecule is CC(C)(C)C#Cc1ccccc1C=C=C(C(C)(C)C)C(F)(F)C(F)(F)C(F)(F)C(F)(F)F. The van der Waals surface area contributed by atoms with Crippen molar-refractivity contribution in [2.24, 2.45) is 10.8 Å². The summed E-state index contributed by atoms with van der Waals surface area (Å²) in [4.78, 5) is 0. The normalized spacial score (nSPS) is 13.7. The standard InChI is InChI=1S/C23H23F9/c1-18(2,3)14-13-16-10-8-7-9-15(16)11-12-17(19(4,5)6)20(24,25)21(26,27)22(28,29)23(30,31)32/h7-11H,1-6H3. The number of hydrogen-bond acceptors (Lipinski definition) is 0. The molecule has 0 fully saturated rings. The molecule has 0 radical (unpaired) electrons. The zero-order valence-electron chi connectivity index (χ0n) is 18.3. The first-order chi connectivity index (χ1) is 14.1. The van der Waals surface area contributed by atoms with Gasteiger partial charge in [-0.05, 0) is 43.9 Å². The monoisotopic (exact) mass is 470 g/mol. The van der Waals surface area contributed by atoms with Crippen LogP contribution in [0.3, 0.4) is 0 Å². The Hall–Kier alpha value is -2.33. The number of allylic oxidation sites excluding steroid dienone is 1. The van der Waals surface area contributed by atoms with Crippen molar-refractivity contribution in [3.8, 4) is 11.8 Å². The highest BCUT2D eigenvalue weighted by Gasteiger charge is 2.82. The lowest BCUT2D eigenvalue weighted by Crippen LogP contribution is -2.62. The zero-order chi connectivity index (χ0) is 25.4. The Balaban J connectivity index is 3.78. The van der Waals surface area contributed by atoms with Gasteiger partial charge in [0.15, 0.2) is 0 Å². The summed E-state index contributed by atoms with van der Waals surface area (Å²) in [6.45, 7) is 8.34. The fourth-order valence-electron chi connectivity index (χ4n) is 2.45. The Morgan fingerprint density at radius 2 is 1.25 bits per heavy atom. The van der Waals surface area contributed by atoms with Gasteiger partial charge in [0, 0.05) is 11.0 Å². The summed E-state index contributed by atoms with van der Waals surface area (Å²) in [5.41, 5.74) is -1.75. The molecule has 0 aliphatic carbocycles. The van der Waals surface area contributed by atoms with Crippen molar-refractivity contribution in [2.45, 2.75) is 65.5 Å². The van der Waals surface area contributed by atoms with Crippen LogP contribution in [0.1, 0.15) is 52.7 Å². The van der Waals surface area contributed by atoms with Gasteiger partial charge in [-0.1, -0.05) is 50.8 Å². The lowest BCUT2D eigenvalue weighted by Gasteiger charge is -2.37. The van der Waals surface area contributed by atoms with Crippen molar-refractivity contribution < 1.29 is 39.5 Å². The van der Waals surface area contributed by atoms with Crippen molar-refractivity contribution in [1.82, 2.24) is 0 Å². The maximum absolute atomic E-state index is 14.6. The van der Waals surface area contributed by atoms with Crippen molar-refractivity contribution in [3.05, 3.63) is 46.7 Å². The maximum Gasteiger partial charge on any atom is 0.460 e. The first kappa shape index (κ1) is 27.7. The van der Waals surface area contributed by atoms with E-state index in [2.05, 4.69) is 11.8 Å². The molecule has 0 saturated carbocycles. The molecule has 178 valence electrons. The molecule has 0 aliphatic rings. The number of halogens is 9. The van der Waals surface area contributed by atoms with Crippen LogP contribution in [0.4, 0.5) is 39.5 Å². The smallest absolute Gasteiger partial charge is 0.194 e. The van der Waals surface area contributed by atoms with Gasteiger partial charge in [0.1, 0.15) is 0 Å². The van der Waals surface area contributed by atoms with E-state index < -0.39 is 40.3 Å². The second kappa shape index (κ2) is 8.55. The van der Waals surface area contributed by atoms with Crippen molar-refractivity contribution in [1.29, 1.82) is 0 Å². The fourth-order valence-corrected chi connectivity index (χ4v) is 2.45. The summed E-state index contributed by atoms with van der Waals surface area (Å²) in [6, 6.07) is 5.95. The van der Waals surface area contributed by atoms with Gasteiger partial charge in [0.05, 0.1) is 5.57 Å². The van der Waals surface area contributed by atoms with E-state index in [9.17, 15) is 39.5 Å². The van der Waals surface area contributed by atoms with Gasteiger partial charge in [0.25, 0.3) is 0 Å². The van der Waals surface area contributed by atoms with E-state index in [0.717, 1.165) is 26.8 Å². The van der Waals surface area contributed by atoms with Crippen LogP contribution in [0.2, 0.25) is 0 Å². The summed E-state index contributed by atoms with van der Waals surface area (Å²) in [5.74, 6) is -13.9. The molecule has 32 heavy (non-hydrogen) atoms. The third-order valence-electron chi connectivity index (χ3n) is 4.11. The largest absolute Gasteiger partial charge is 0.460 e. The topological polar surface area (TPSA) is 0 Å². The predicted molar refractivity (Wildman–Crippen MR) is 105 cm³/mol. The Morgan fingerprint density at radius 1 is 0.750 bits per heavy atom. The first-order valence-corrected chi connectivity index (χ1v) is 9.36. The molecule has 0 aromatic heterocycles. The van der Waals surface area contributed by atoms with E-state index in [1.807, 2.05) is 5.73 Å². The Kier molecular flexibility index (Phi) is 7.40. The van der Waals surface area contributed by atoms with E-state index in [1.54, 1.807) is 26.8 Å². The minimum Gasteiger partial charge on any atom is -0.194 e. The molecular weight excluding hydrogens is 447 g/mol. The third kappa shape index (κ3) is 5.72. The molecule has 0 spiro atoms. The quantitative estimate of drug-likeness (QED) is 0.237. The van der Waals surface area contributed by atoms with E-state index in [4.69, 9.17) is 0 Å². The van der Waals surface area contributed by atoms with Crippen LogP contribution < -0.4 is 0 Å². The summed E-state index contributed by atoms with van der Waals surface area (Å²) in [5, 5.41) is 0. The number of hydrogen-bond donors (Lipinski definition) is 0. The summed E-state index contributed by atoms with van der Waals surface area (Å²) < 4.78 is 121. The average Bonchev–Trinajstić information content (AvgIpc) is 2.57. The molecule has 1 aromatic rings. The third-order valence-corrected chi connectivity index (χ3v) is 4.11. The summed E-state index contributed by atoms with van der Waals surface area (Å²) >= 11 is 0. The molecule has 0 atom stereocenters. The van der Waals surface area contributed by atoms with Gasteiger partial charge in [-0.3, -0.25) is 0 Å². The van der Waals surface area contributed by atoms with Crippen LogP contribution in [-0.2, 0) is 0 Å². The highest BCUT2D eigenvalue weighted by molar-refractivity contribution is 5.59. The van der Waals surface area contributed by atoms with E-state index in [0.29, 0.717) is 5.56 Å². The summed E-state index contributed by atoms with van der Waals surface area (Å²) in [6.07, 6.45) is -6.06. The van der Waals surface area contributed by atoms with E-state index in [-0.39, 0.29) is 5.56 Å². The zero-order valence-corrected chi connectivity index (χ0v) is 18.3. The number of alkyl halides is 9. The van der Waals surface area contributed by atoms with Gasteiger partial charge in [-0.2, -0.15) is 39.5 Å². The van der Waals surface area contributed by atoms with Crippen LogP contribution in [-0.4, -0.2) is 23.9 Å². The minimum atomic E-state index is -6.97. The highest BCUT2D eigenvalue weighted by Crippen LogP contribution is 2.57. The molecule has 0 amide bonds. The van der Waals surface area contributed by atoms with Gasteiger partial charge >= 0.3 is 23.9 Å². The molecule has 0 heterocycles. The molecule has 9 heteroatoms. The molecule has 1 rings (SSSR count). The minimum absolute atomic E-state index is 0.146. The van der Waals surface area contributed by atoms with E-state index in [1.165, 1.54) is 18.2 Å². The molecule has 0 N–H and O–H groups in total. The first-order valence-electron chi connectivity index (χ1n) is 9.36. The molecular formula is C23H23F9. The van der Waals surface area contributed by atoms with Crippen LogP contribution in [0, 0.1) is 22.7 Å². The molecule has 0 nitrogen and oxygen atoms in total. The second-order valence-electron chi connectivity index (χ2n) is 9.22. The molecule has 0 unspecified atom stereocenters. The van der Waals surface area contributed by atoms with Gasteiger partial charge in [-0.15, -0.1) is 5.73 Å². The average molecular weight is 470 g/mol. The van der Waals surface area contributed by atoms with Crippen molar-refractivity contribution in [2.75, 3.05) is 0 Å². The molecule has 0 bridgehead atoms. The van der Waals surface area contributed by atoms with Gasteiger partial charge in [-0.25, -0.2) is 0 Å². The lowest BCUT2D eigenvalue weighted by atomic mass is 9.79. The van der Waals surface area contributed by atoms with Gasteiger partial charge in [0.2, 0.25) is 0 Å². The Morgan fingerprint density at radius 3 is 1.69 bits per heavy atom. The number of benzene rings is 1. The highest BCUT2D eigenvalue weighted by atomic mass is 19.4. The van der Waals surface area contributed by atoms with Crippen LogP contribution in [0.15, 0.2) is 35.6 Å². The Labute approximate surface area is 181 Å². The van der Waals surface area contributed by atoms with Crippen LogP contribution in [0.5, 0.6) is 0 Å². The maximum atomic E-state index is 14.6. The summed E-state index contributed by atoms with van der Waals surface area (Å²) in [7, 11) is 0. The number of rotatable bonds is 4. The Bertz CT molecular complexity index is 950. The lowest BCUT2D eigenvalue weighted by molar-refractivity contribution is -0.390. The molecule has 0 saturated heterocycles. The van der Waals surface area contributed by atoms with Crippen molar-refractivity contribution in [3.63, 3.8) is 0 Å². The molecule has 0 aliphatic heterocycles. The fraction of sp³-hybridized carbons (Fsp3) is 0.522. The van der Waals surface area contributed by atoms with Crippen LogP contribution >= 0.6 is 0 Å².